The van der Waals surface area contributed by atoms with Crippen molar-refractivity contribution in [3.8, 4) is 17.6 Å². The lowest BCUT2D eigenvalue weighted by atomic mass is 9.84. The zero-order chi connectivity index (χ0) is 20.0. The fourth-order valence-corrected chi connectivity index (χ4v) is 3.78. The van der Waals surface area contributed by atoms with Crippen molar-refractivity contribution in [1.29, 1.82) is 5.26 Å². The largest absolute Gasteiger partial charge is 0.497 e. The number of hydrogen-bond donors (Lipinski definition) is 1. The third-order valence-corrected chi connectivity index (χ3v) is 5.06. The van der Waals surface area contributed by atoms with E-state index in [1.807, 2.05) is 24.3 Å². The molecule has 1 atom stereocenters. The predicted octanol–water partition coefficient (Wildman–Crippen LogP) is 3.64. The van der Waals surface area contributed by atoms with E-state index < -0.39 is 5.92 Å². The molecule has 1 aromatic heterocycles. The fourth-order valence-electron chi connectivity index (χ4n) is 3.78. The number of rotatable bonds is 2. The van der Waals surface area contributed by atoms with Gasteiger partial charge in [0, 0.05) is 5.56 Å². The van der Waals surface area contributed by atoms with Crippen LogP contribution in [-0.2, 0) is 0 Å². The molecular weight excluding hydrogens is 356 g/mol. The number of hydrogen-bond acceptors (Lipinski definition) is 6. The van der Waals surface area contributed by atoms with Crippen LogP contribution in [0, 0.1) is 25.2 Å². The SMILES string of the molecule is COc1ccc([C@@H]2C(C#N)=C(N)Oc3c2ccc(=O)c2c(C)oc(C)c32)cc1. The Morgan fingerprint density at radius 2 is 1.75 bits per heavy atom. The smallest absolute Gasteiger partial charge is 0.205 e. The van der Waals surface area contributed by atoms with Crippen LogP contribution in [0.25, 0.3) is 10.8 Å². The Hall–Kier alpha value is -3.72. The number of allylic oxidation sites excluding steroid dienone is 1. The number of nitrogens with zero attached hydrogens (tertiary/aromatic N) is 1. The van der Waals surface area contributed by atoms with Crippen molar-refractivity contribution < 1.29 is 13.9 Å². The minimum atomic E-state index is -0.468. The Morgan fingerprint density at radius 3 is 2.39 bits per heavy atom. The Morgan fingerprint density at radius 1 is 1.07 bits per heavy atom. The van der Waals surface area contributed by atoms with Gasteiger partial charge in [-0.1, -0.05) is 18.2 Å². The average molecular weight is 374 g/mol. The Bertz CT molecular complexity index is 1230. The fraction of sp³-hybridized carbons (Fsp3) is 0.182. The number of nitriles is 1. The summed E-state index contributed by atoms with van der Waals surface area (Å²) in [6.07, 6.45) is 0. The van der Waals surface area contributed by atoms with Gasteiger partial charge in [-0.2, -0.15) is 5.26 Å². The molecule has 2 N–H and O–H groups in total. The van der Waals surface area contributed by atoms with Crippen molar-refractivity contribution in [2.75, 3.05) is 7.11 Å². The predicted molar refractivity (Wildman–Crippen MR) is 104 cm³/mol. The molecule has 0 radical (unpaired) electrons. The molecule has 0 aliphatic carbocycles. The highest BCUT2D eigenvalue weighted by molar-refractivity contribution is 5.93. The van der Waals surface area contributed by atoms with Gasteiger partial charge in [0.1, 0.15) is 34.7 Å². The number of benzene rings is 1. The molecule has 0 bridgehead atoms. The van der Waals surface area contributed by atoms with E-state index in [9.17, 15) is 10.1 Å². The summed E-state index contributed by atoms with van der Waals surface area (Å²) in [5, 5.41) is 10.8. The summed E-state index contributed by atoms with van der Waals surface area (Å²) in [5.41, 5.74) is 7.77. The van der Waals surface area contributed by atoms with Gasteiger partial charge < -0.3 is 19.6 Å². The molecule has 0 fully saturated rings. The lowest BCUT2D eigenvalue weighted by Gasteiger charge is -2.26. The van der Waals surface area contributed by atoms with Gasteiger partial charge in [0.05, 0.1) is 23.8 Å². The van der Waals surface area contributed by atoms with Crippen LogP contribution in [-0.4, -0.2) is 7.11 Å². The molecule has 6 nitrogen and oxygen atoms in total. The first kappa shape index (κ1) is 17.7. The second-order valence-electron chi connectivity index (χ2n) is 6.64. The molecule has 0 unspecified atom stereocenters. The molecule has 2 aromatic carbocycles. The Kier molecular flexibility index (Phi) is 4.08. The van der Waals surface area contributed by atoms with E-state index in [0.29, 0.717) is 44.9 Å². The second-order valence-corrected chi connectivity index (χ2v) is 6.64. The van der Waals surface area contributed by atoms with E-state index in [0.717, 1.165) is 5.56 Å². The minimum Gasteiger partial charge on any atom is -0.497 e. The number of fused-ring (bicyclic) bond motifs is 3. The average Bonchev–Trinajstić information content (AvgIpc) is 2.90. The molecule has 140 valence electrons. The molecule has 0 spiro atoms. The van der Waals surface area contributed by atoms with Gasteiger partial charge in [-0.25, -0.2) is 0 Å². The van der Waals surface area contributed by atoms with Crippen LogP contribution >= 0.6 is 0 Å². The lowest BCUT2D eigenvalue weighted by molar-refractivity contribution is 0.397. The zero-order valence-electron chi connectivity index (χ0n) is 15.7. The van der Waals surface area contributed by atoms with E-state index in [1.54, 1.807) is 27.0 Å². The molecule has 0 amide bonds. The zero-order valence-corrected chi connectivity index (χ0v) is 15.7. The molecule has 0 saturated heterocycles. The van der Waals surface area contributed by atoms with Gasteiger partial charge in [0.25, 0.3) is 0 Å². The van der Waals surface area contributed by atoms with E-state index in [2.05, 4.69) is 6.07 Å². The summed E-state index contributed by atoms with van der Waals surface area (Å²) in [4.78, 5) is 12.7. The summed E-state index contributed by atoms with van der Waals surface area (Å²) in [6, 6.07) is 12.7. The first-order valence-electron chi connectivity index (χ1n) is 8.74. The van der Waals surface area contributed by atoms with Crippen molar-refractivity contribution in [3.05, 3.63) is 80.7 Å². The van der Waals surface area contributed by atoms with Gasteiger partial charge in [0.2, 0.25) is 5.88 Å². The third kappa shape index (κ3) is 2.52. The molecule has 1 aliphatic heterocycles. The van der Waals surface area contributed by atoms with Gasteiger partial charge in [-0.3, -0.25) is 4.79 Å². The van der Waals surface area contributed by atoms with Crippen LogP contribution in [0.5, 0.6) is 11.5 Å². The number of ether oxygens (including phenoxy) is 2. The maximum absolute atomic E-state index is 12.7. The molecule has 6 heteroatoms. The van der Waals surface area contributed by atoms with Crippen molar-refractivity contribution in [2.45, 2.75) is 19.8 Å². The van der Waals surface area contributed by atoms with Crippen LogP contribution in [0.15, 0.2) is 57.1 Å². The molecule has 4 rings (SSSR count). The highest BCUT2D eigenvalue weighted by Crippen LogP contribution is 2.45. The standard InChI is InChI=1S/C22H18N2O4/c1-11-18-17(25)9-8-15-20(13-4-6-14(26-3)7-5-13)16(10-23)22(24)28-21(15)19(18)12(2)27-11/h4-9,20H,24H2,1-3H3/t20-/m0/s1. The van der Waals surface area contributed by atoms with E-state index in [4.69, 9.17) is 19.6 Å². The second kappa shape index (κ2) is 6.46. The van der Waals surface area contributed by atoms with E-state index >= 15 is 0 Å². The Balaban J connectivity index is 2.08. The number of methoxy groups -OCH3 is 1. The first-order valence-corrected chi connectivity index (χ1v) is 8.74. The molecule has 2 heterocycles. The van der Waals surface area contributed by atoms with E-state index in [1.165, 1.54) is 6.07 Å². The maximum Gasteiger partial charge on any atom is 0.205 e. The normalized spacial score (nSPS) is 15.7. The highest BCUT2D eigenvalue weighted by atomic mass is 16.5. The van der Waals surface area contributed by atoms with Crippen molar-refractivity contribution in [1.82, 2.24) is 0 Å². The van der Waals surface area contributed by atoms with Crippen LogP contribution in [0.3, 0.4) is 0 Å². The van der Waals surface area contributed by atoms with Crippen LogP contribution in [0.1, 0.15) is 28.6 Å². The number of furan rings is 1. The monoisotopic (exact) mass is 374 g/mol. The topological polar surface area (TPSA) is 98.5 Å². The van der Waals surface area contributed by atoms with Gasteiger partial charge in [-0.05, 0) is 37.6 Å². The molecule has 3 aromatic rings. The third-order valence-electron chi connectivity index (χ3n) is 5.06. The van der Waals surface area contributed by atoms with Crippen LogP contribution in [0.4, 0.5) is 0 Å². The summed E-state index contributed by atoms with van der Waals surface area (Å²) >= 11 is 0. The number of nitrogens with two attached hydrogens (primary N) is 1. The highest BCUT2D eigenvalue weighted by Gasteiger charge is 2.33. The molecule has 28 heavy (non-hydrogen) atoms. The lowest BCUT2D eigenvalue weighted by Crippen LogP contribution is -2.20. The summed E-state index contributed by atoms with van der Waals surface area (Å²) < 4.78 is 16.8. The van der Waals surface area contributed by atoms with Crippen molar-refractivity contribution in [3.63, 3.8) is 0 Å². The van der Waals surface area contributed by atoms with Gasteiger partial charge >= 0.3 is 0 Å². The van der Waals surface area contributed by atoms with Gasteiger partial charge in [-0.15, -0.1) is 0 Å². The van der Waals surface area contributed by atoms with Crippen molar-refractivity contribution >= 4 is 10.8 Å². The summed E-state index contributed by atoms with van der Waals surface area (Å²) in [7, 11) is 1.59. The van der Waals surface area contributed by atoms with Crippen LogP contribution in [0.2, 0.25) is 0 Å². The molecule has 1 aliphatic rings. The quantitative estimate of drug-likeness (QED) is 0.735. The van der Waals surface area contributed by atoms with Crippen LogP contribution < -0.4 is 20.6 Å². The molecular formula is C22H18N2O4. The summed E-state index contributed by atoms with van der Waals surface area (Å²) in [6.45, 7) is 3.52. The summed E-state index contributed by atoms with van der Waals surface area (Å²) in [5.74, 6) is 1.80. The van der Waals surface area contributed by atoms with E-state index in [-0.39, 0.29) is 11.3 Å². The first-order chi connectivity index (χ1) is 13.5. The molecule has 0 saturated carbocycles. The van der Waals surface area contributed by atoms with Crippen molar-refractivity contribution in [2.24, 2.45) is 5.73 Å². The maximum atomic E-state index is 12.7. The Labute approximate surface area is 161 Å². The number of aryl methyl sites for hydroxylation is 2. The minimum absolute atomic E-state index is 0.0222. The van der Waals surface area contributed by atoms with Gasteiger partial charge in [0.15, 0.2) is 5.43 Å².